The zero-order valence-electron chi connectivity index (χ0n) is 11.1. The van der Waals surface area contributed by atoms with E-state index in [2.05, 4.69) is 10.1 Å². The van der Waals surface area contributed by atoms with Crippen molar-refractivity contribution in [1.29, 1.82) is 5.26 Å². The highest BCUT2D eigenvalue weighted by atomic mass is 19.3. The molecular weight excluding hydrogens is 274 g/mol. The topological polar surface area (TPSA) is 54.5 Å². The summed E-state index contributed by atoms with van der Waals surface area (Å²) in [4.78, 5) is 4.38. The van der Waals surface area contributed by atoms with Gasteiger partial charge in [0.05, 0.1) is 23.5 Å². The molecule has 0 saturated carbocycles. The molecule has 0 amide bonds. The lowest BCUT2D eigenvalue weighted by molar-refractivity contribution is 0.153. The Hall–Kier alpha value is -2.81. The first-order valence-electron chi connectivity index (χ1n) is 6.21. The number of hydrogen-bond acceptors (Lipinski definition) is 3. The van der Waals surface area contributed by atoms with Crippen LogP contribution in [-0.4, -0.2) is 14.8 Å². The summed E-state index contributed by atoms with van der Waals surface area (Å²) >= 11 is 0. The monoisotopic (exact) mass is 284 g/mol. The molecule has 0 unspecified atom stereocenters. The highest BCUT2D eigenvalue weighted by Crippen LogP contribution is 2.31. The van der Waals surface area contributed by atoms with Gasteiger partial charge in [-0.25, -0.2) is 13.8 Å². The zero-order chi connectivity index (χ0) is 15.0. The van der Waals surface area contributed by atoms with Gasteiger partial charge in [-0.15, -0.1) is 0 Å². The molecule has 4 nitrogen and oxygen atoms in total. The molecule has 104 valence electrons. The predicted octanol–water partition coefficient (Wildman–Crippen LogP) is 3.44. The molecule has 0 fully saturated rings. The first-order valence-corrected chi connectivity index (χ1v) is 6.21. The van der Waals surface area contributed by atoms with E-state index in [1.54, 1.807) is 31.3 Å². The highest BCUT2D eigenvalue weighted by Gasteiger charge is 2.17. The molecule has 2 aromatic heterocycles. The number of nitrogens with zero attached hydrogens (tertiary/aromatic N) is 4. The molecule has 6 heteroatoms. The summed E-state index contributed by atoms with van der Waals surface area (Å²) in [6.45, 7) is 0. The largest absolute Gasteiger partial charge is 0.264 e. The lowest BCUT2D eigenvalue weighted by Crippen LogP contribution is -1.96. The van der Waals surface area contributed by atoms with Crippen LogP contribution < -0.4 is 0 Å². The molecule has 0 spiro atoms. The minimum absolute atomic E-state index is 0.106. The number of hydrogen-bond donors (Lipinski definition) is 0. The van der Waals surface area contributed by atoms with Gasteiger partial charge in [-0.05, 0) is 18.2 Å². The van der Waals surface area contributed by atoms with Crippen LogP contribution in [-0.2, 0) is 7.05 Å². The molecule has 0 aliphatic carbocycles. The van der Waals surface area contributed by atoms with Crippen molar-refractivity contribution in [3.63, 3.8) is 0 Å². The van der Waals surface area contributed by atoms with Crippen molar-refractivity contribution in [1.82, 2.24) is 14.8 Å². The van der Waals surface area contributed by atoms with Crippen LogP contribution in [0.3, 0.4) is 0 Å². The standard InChI is InChI=1S/C15H10F2N4/c1-21-15-12(8-19-21)11(14(16)17)6-13(20-15)10-4-2-3-9(5-10)7-18/h2-6,8,14H,1H3. The first-order chi connectivity index (χ1) is 10.1. The summed E-state index contributed by atoms with van der Waals surface area (Å²) in [5, 5.41) is 13.2. The number of rotatable bonds is 2. The average Bonchev–Trinajstić information content (AvgIpc) is 2.88. The van der Waals surface area contributed by atoms with Gasteiger partial charge in [-0.2, -0.15) is 10.4 Å². The molecule has 0 bridgehead atoms. The summed E-state index contributed by atoms with van der Waals surface area (Å²) in [5.41, 5.74) is 1.77. The molecule has 0 saturated heterocycles. The Labute approximate surface area is 119 Å². The van der Waals surface area contributed by atoms with Gasteiger partial charge < -0.3 is 0 Å². The minimum Gasteiger partial charge on any atom is -0.250 e. The lowest BCUT2D eigenvalue weighted by atomic mass is 10.1. The number of benzene rings is 1. The van der Waals surface area contributed by atoms with E-state index < -0.39 is 6.43 Å². The SMILES string of the molecule is Cn1ncc2c(C(F)F)cc(-c3cccc(C#N)c3)nc21. The number of aryl methyl sites for hydroxylation is 1. The molecule has 3 rings (SSSR count). The van der Waals surface area contributed by atoms with Crippen LogP contribution in [0.15, 0.2) is 36.5 Å². The Bertz CT molecular complexity index is 862. The van der Waals surface area contributed by atoms with Gasteiger partial charge in [-0.3, -0.25) is 4.68 Å². The highest BCUT2D eigenvalue weighted by molar-refractivity contribution is 5.82. The third-order valence-corrected chi connectivity index (χ3v) is 3.26. The second-order valence-electron chi connectivity index (χ2n) is 4.60. The molecule has 2 heterocycles. The maximum absolute atomic E-state index is 13.2. The Morgan fingerprint density at radius 3 is 2.81 bits per heavy atom. The third-order valence-electron chi connectivity index (χ3n) is 3.26. The van der Waals surface area contributed by atoms with Crippen molar-refractivity contribution >= 4 is 11.0 Å². The van der Waals surface area contributed by atoms with E-state index in [1.165, 1.54) is 16.9 Å². The number of aromatic nitrogens is 3. The Kier molecular flexibility index (Phi) is 3.10. The van der Waals surface area contributed by atoms with Crippen LogP contribution >= 0.6 is 0 Å². The maximum atomic E-state index is 13.2. The second-order valence-corrected chi connectivity index (χ2v) is 4.60. The number of halogens is 2. The Morgan fingerprint density at radius 1 is 1.29 bits per heavy atom. The van der Waals surface area contributed by atoms with E-state index in [0.717, 1.165) is 0 Å². The number of pyridine rings is 1. The predicted molar refractivity (Wildman–Crippen MR) is 73.6 cm³/mol. The summed E-state index contributed by atoms with van der Waals surface area (Å²) in [6.07, 6.45) is -1.23. The molecule has 0 aliphatic rings. The van der Waals surface area contributed by atoms with Gasteiger partial charge in [-0.1, -0.05) is 12.1 Å². The molecule has 0 aliphatic heterocycles. The molecule has 1 aromatic carbocycles. The van der Waals surface area contributed by atoms with E-state index >= 15 is 0 Å². The van der Waals surface area contributed by atoms with Crippen LogP contribution in [0.4, 0.5) is 8.78 Å². The van der Waals surface area contributed by atoms with Crippen LogP contribution in [0, 0.1) is 11.3 Å². The summed E-state index contributed by atoms with van der Waals surface area (Å²) < 4.78 is 27.9. The molecule has 0 atom stereocenters. The lowest BCUT2D eigenvalue weighted by Gasteiger charge is -2.07. The zero-order valence-corrected chi connectivity index (χ0v) is 11.1. The van der Waals surface area contributed by atoms with Gasteiger partial charge in [0.1, 0.15) is 0 Å². The van der Waals surface area contributed by atoms with Gasteiger partial charge in [0.15, 0.2) is 5.65 Å². The molecule has 21 heavy (non-hydrogen) atoms. The minimum atomic E-state index is -2.61. The molecule has 0 radical (unpaired) electrons. The van der Waals surface area contributed by atoms with Gasteiger partial charge in [0.2, 0.25) is 0 Å². The van der Waals surface area contributed by atoms with Crippen molar-refractivity contribution in [3.05, 3.63) is 47.7 Å². The van der Waals surface area contributed by atoms with Crippen LogP contribution in [0.1, 0.15) is 17.6 Å². The van der Waals surface area contributed by atoms with E-state index in [0.29, 0.717) is 27.9 Å². The van der Waals surface area contributed by atoms with Gasteiger partial charge >= 0.3 is 0 Å². The van der Waals surface area contributed by atoms with Crippen molar-refractivity contribution in [2.45, 2.75) is 6.43 Å². The van der Waals surface area contributed by atoms with E-state index in [9.17, 15) is 8.78 Å². The molecular formula is C15H10F2N4. The van der Waals surface area contributed by atoms with Crippen LogP contribution in [0.25, 0.3) is 22.3 Å². The number of nitriles is 1. The van der Waals surface area contributed by atoms with E-state index in [1.807, 2.05) is 6.07 Å². The quantitative estimate of drug-likeness (QED) is 0.724. The maximum Gasteiger partial charge on any atom is 0.264 e. The normalized spacial score (nSPS) is 11.0. The third kappa shape index (κ3) is 2.23. The summed E-state index contributed by atoms with van der Waals surface area (Å²) in [5.74, 6) is 0. The Morgan fingerprint density at radius 2 is 2.10 bits per heavy atom. The van der Waals surface area contributed by atoms with E-state index in [-0.39, 0.29) is 5.56 Å². The van der Waals surface area contributed by atoms with Crippen molar-refractivity contribution < 1.29 is 8.78 Å². The average molecular weight is 284 g/mol. The number of fused-ring (bicyclic) bond motifs is 1. The van der Waals surface area contributed by atoms with E-state index in [4.69, 9.17) is 5.26 Å². The summed E-state index contributed by atoms with van der Waals surface area (Å²) in [7, 11) is 1.65. The fourth-order valence-corrected chi connectivity index (χ4v) is 2.22. The fourth-order valence-electron chi connectivity index (χ4n) is 2.22. The second kappa shape index (κ2) is 4.94. The van der Waals surface area contributed by atoms with Crippen molar-refractivity contribution in [2.75, 3.05) is 0 Å². The van der Waals surface area contributed by atoms with Gasteiger partial charge in [0.25, 0.3) is 6.43 Å². The summed E-state index contributed by atoms with van der Waals surface area (Å²) in [6, 6.07) is 10.1. The van der Waals surface area contributed by atoms with Gasteiger partial charge in [0, 0.05) is 23.6 Å². The molecule has 0 N–H and O–H groups in total. The molecule has 3 aromatic rings. The fraction of sp³-hybridized carbons (Fsp3) is 0.133. The Balaban J connectivity index is 2.27. The van der Waals surface area contributed by atoms with Crippen LogP contribution in [0.2, 0.25) is 0 Å². The number of alkyl halides is 2. The van der Waals surface area contributed by atoms with Crippen molar-refractivity contribution in [3.8, 4) is 17.3 Å². The first kappa shape index (κ1) is 13.2. The smallest absolute Gasteiger partial charge is 0.250 e. The van der Waals surface area contributed by atoms with Crippen molar-refractivity contribution in [2.24, 2.45) is 7.05 Å². The van der Waals surface area contributed by atoms with Crippen LogP contribution in [0.5, 0.6) is 0 Å².